The first-order valence-electron chi connectivity index (χ1n) is 11.8. The first-order valence-corrected chi connectivity index (χ1v) is 11.8. The van der Waals surface area contributed by atoms with E-state index in [0.717, 1.165) is 31.0 Å². The Morgan fingerprint density at radius 1 is 0.656 bits per heavy atom. The summed E-state index contributed by atoms with van der Waals surface area (Å²) in [5.74, 6) is 2.25. The second-order valence-electron chi connectivity index (χ2n) is 9.08. The highest BCUT2D eigenvalue weighted by atomic mass is 16.5. The third-order valence-corrected chi connectivity index (χ3v) is 5.47. The summed E-state index contributed by atoms with van der Waals surface area (Å²) in [7, 11) is 0. The maximum absolute atomic E-state index is 5.83. The summed E-state index contributed by atoms with van der Waals surface area (Å²) >= 11 is 0. The average Bonchev–Trinajstić information content (AvgIpc) is 2.76. The summed E-state index contributed by atoms with van der Waals surface area (Å²) < 4.78 is 11.6. The summed E-state index contributed by atoms with van der Waals surface area (Å²) in [5.41, 5.74) is 5.33. The molecule has 0 bridgehead atoms. The molecule has 3 heteroatoms. The van der Waals surface area contributed by atoms with E-state index < -0.39 is 0 Å². The molecule has 3 nitrogen and oxygen atoms in total. The van der Waals surface area contributed by atoms with Gasteiger partial charge in [-0.15, -0.1) is 0 Å². The van der Waals surface area contributed by atoms with E-state index >= 15 is 0 Å². The summed E-state index contributed by atoms with van der Waals surface area (Å²) in [4.78, 5) is 0. The number of hydrogen-bond donors (Lipinski definition) is 1. The Morgan fingerprint density at radius 2 is 1.12 bits per heavy atom. The van der Waals surface area contributed by atoms with Crippen LogP contribution in [-0.4, -0.2) is 18.8 Å². The van der Waals surface area contributed by atoms with E-state index in [4.69, 9.17) is 9.47 Å². The molecule has 0 spiro atoms. The van der Waals surface area contributed by atoms with Crippen molar-refractivity contribution in [1.82, 2.24) is 0 Å². The fraction of sp³-hybridized carbons (Fsp3) is 0.379. The van der Waals surface area contributed by atoms with Gasteiger partial charge in [-0.3, -0.25) is 0 Å². The molecule has 1 atom stereocenters. The molecule has 0 aliphatic heterocycles. The maximum Gasteiger partial charge on any atom is 0.119 e. The van der Waals surface area contributed by atoms with E-state index in [1.807, 2.05) is 0 Å². The van der Waals surface area contributed by atoms with Crippen molar-refractivity contribution in [3.63, 3.8) is 0 Å². The molecule has 3 aromatic carbocycles. The van der Waals surface area contributed by atoms with E-state index in [9.17, 15) is 0 Å². The van der Waals surface area contributed by atoms with Gasteiger partial charge in [0.2, 0.25) is 0 Å². The van der Waals surface area contributed by atoms with Crippen molar-refractivity contribution in [3.8, 4) is 11.5 Å². The Morgan fingerprint density at radius 3 is 1.62 bits per heavy atom. The SMILES string of the molecule is Cc1ccc([C@@H](CC[NH2+]Cc2ccc(OC(C)C)cc2)c2ccc(OC(C)C)cc2)cc1. The minimum atomic E-state index is 0.189. The molecule has 0 aliphatic rings. The number of aryl methyl sites for hydroxylation is 1. The predicted molar refractivity (Wildman–Crippen MR) is 133 cm³/mol. The van der Waals surface area contributed by atoms with E-state index in [2.05, 4.69) is 113 Å². The van der Waals surface area contributed by atoms with Gasteiger partial charge in [0.1, 0.15) is 18.0 Å². The number of rotatable bonds is 11. The Bertz CT molecular complexity index is 928. The normalized spacial score (nSPS) is 12.2. The van der Waals surface area contributed by atoms with Crippen LogP contribution >= 0.6 is 0 Å². The van der Waals surface area contributed by atoms with E-state index in [1.54, 1.807) is 0 Å². The fourth-order valence-electron chi connectivity index (χ4n) is 3.90. The molecule has 170 valence electrons. The predicted octanol–water partition coefficient (Wildman–Crippen LogP) is 5.86. The van der Waals surface area contributed by atoms with E-state index in [0.29, 0.717) is 5.92 Å². The molecular formula is C29H38NO2+. The standard InChI is InChI=1S/C29H37NO2/c1-21(2)31-27-14-8-24(9-15-27)20-30-19-18-29(25-10-6-23(5)7-11-25)26-12-16-28(17-13-26)32-22(3)4/h6-17,21-22,29-30H,18-20H2,1-5H3/p+1/t29-/m1/s1. The van der Waals surface area contributed by atoms with Crippen LogP contribution in [0.25, 0.3) is 0 Å². The second kappa shape index (κ2) is 11.7. The zero-order valence-corrected chi connectivity index (χ0v) is 20.2. The minimum absolute atomic E-state index is 0.189. The van der Waals surface area contributed by atoms with Crippen LogP contribution in [0.3, 0.4) is 0 Å². The Balaban J connectivity index is 1.62. The first-order chi connectivity index (χ1) is 15.4. The van der Waals surface area contributed by atoms with Gasteiger partial charge in [-0.05, 0) is 82.1 Å². The number of quaternary nitrogens is 1. The molecule has 2 N–H and O–H groups in total. The summed E-state index contributed by atoms with van der Waals surface area (Å²) in [6.45, 7) is 12.4. The molecule has 0 saturated carbocycles. The third kappa shape index (κ3) is 7.42. The van der Waals surface area contributed by atoms with Crippen LogP contribution in [0.1, 0.15) is 62.3 Å². The largest absolute Gasteiger partial charge is 0.491 e. The van der Waals surface area contributed by atoms with Crippen molar-refractivity contribution in [1.29, 1.82) is 0 Å². The van der Waals surface area contributed by atoms with Crippen molar-refractivity contribution in [2.45, 2.75) is 65.7 Å². The lowest BCUT2D eigenvalue weighted by molar-refractivity contribution is -0.671. The lowest BCUT2D eigenvalue weighted by Gasteiger charge is -2.19. The van der Waals surface area contributed by atoms with Gasteiger partial charge in [0.15, 0.2) is 0 Å². The van der Waals surface area contributed by atoms with Gasteiger partial charge in [-0.1, -0.05) is 42.0 Å². The zero-order chi connectivity index (χ0) is 22.9. The molecule has 0 fully saturated rings. The molecule has 0 amide bonds. The van der Waals surface area contributed by atoms with Gasteiger partial charge in [0, 0.05) is 17.9 Å². The van der Waals surface area contributed by atoms with Crippen LogP contribution in [0, 0.1) is 6.92 Å². The van der Waals surface area contributed by atoms with Crippen molar-refractivity contribution in [3.05, 3.63) is 95.1 Å². The van der Waals surface area contributed by atoms with Gasteiger partial charge < -0.3 is 14.8 Å². The Labute approximate surface area is 193 Å². The van der Waals surface area contributed by atoms with Crippen LogP contribution in [0.2, 0.25) is 0 Å². The smallest absolute Gasteiger partial charge is 0.119 e. The lowest BCUT2D eigenvalue weighted by Crippen LogP contribution is -2.82. The van der Waals surface area contributed by atoms with Crippen LogP contribution in [0.4, 0.5) is 0 Å². The number of ether oxygens (including phenoxy) is 2. The molecule has 32 heavy (non-hydrogen) atoms. The van der Waals surface area contributed by atoms with Gasteiger partial charge in [-0.2, -0.15) is 0 Å². The minimum Gasteiger partial charge on any atom is -0.491 e. The first kappa shape index (κ1) is 23.9. The van der Waals surface area contributed by atoms with Crippen LogP contribution < -0.4 is 14.8 Å². The van der Waals surface area contributed by atoms with Crippen LogP contribution in [0.15, 0.2) is 72.8 Å². The average molecular weight is 433 g/mol. The highest BCUT2D eigenvalue weighted by molar-refractivity contribution is 5.37. The van der Waals surface area contributed by atoms with Crippen molar-refractivity contribution >= 4 is 0 Å². The van der Waals surface area contributed by atoms with Gasteiger partial charge in [-0.25, -0.2) is 0 Å². The van der Waals surface area contributed by atoms with Gasteiger partial charge >= 0.3 is 0 Å². The number of benzene rings is 3. The quantitative estimate of drug-likeness (QED) is 0.386. The fourth-order valence-corrected chi connectivity index (χ4v) is 3.90. The topological polar surface area (TPSA) is 35.1 Å². The molecule has 0 unspecified atom stereocenters. The third-order valence-electron chi connectivity index (χ3n) is 5.47. The van der Waals surface area contributed by atoms with Gasteiger partial charge in [0.25, 0.3) is 0 Å². The summed E-state index contributed by atoms with van der Waals surface area (Å²) in [6, 6.07) is 26.1. The number of hydrogen-bond acceptors (Lipinski definition) is 2. The van der Waals surface area contributed by atoms with Crippen molar-refractivity contribution < 1.29 is 14.8 Å². The van der Waals surface area contributed by atoms with Crippen molar-refractivity contribution in [2.75, 3.05) is 6.54 Å². The highest BCUT2D eigenvalue weighted by Crippen LogP contribution is 2.29. The zero-order valence-electron chi connectivity index (χ0n) is 20.2. The molecule has 0 saturated heterocycles. The monoisotopic (exact) mass is 432 g/mol. The lowest BCUT2D eigenvalue weighted by atomic mass is 9.88. The van der Waals surface area contributed by atoms with Crippen molar-refractivity contribution in [2.24, 2.45) is 0 Å². The Kier molecular flexibility index (Phi) is 8.75. The molecule has 3 aromatic rings. The molecule has 0 aliphatic carbocycles. The molecule has 0 heterocycles. The Hall–Kier alpha value is -2.78. The molecule has 3 rings (SSSR count). The molecule has 0 radical (unpaired) electrons. The highest BCUT2D eigenvalue weighted by Gasteiger charge is 2.15. The van der Waals surface area contributed by atoms with E-state index in [-0.39, 0.29) is 12.2 Å². The molecule has 0 aromatic heterocycles. The van der Waals surface area contributed by atoms with E-state index in [1.165, 1.54) is 22.3 Å². The second-order valence-corrected chi connectivity index (χ2v) is 9.08. The number of nitrogens with two attached hydrogens (primary N) is 1. The maximum atomic E-state index is 5.83. The van der Waals surface area contributed by atoms with Gasteiger partial charge in [0.05, 0.1) is 18.8 Å². The van der Waals surface area contributed by atoms with Crippen LogP contribution in [0.5, 0.6) is 11.5 Å². The van der Waals surface area contributed by atoms with Crippen LogP contribution in [-0.2, 0) is 6.54 Å². The summed E-state index contributed by atoms with van der Waals surface area (Å²) in [6.07, 6.45) is 1.48. The molecular weight excluding hydrogens is 394 g/mol. The summed E-state index contributed by atoms with van der Waals surface area (Å²) in [5, 5.41) is 2.40.